The van der Waals surface area contributed by atoms with Crippen LogP contribution in [0.1, 0.15) is 17.3 Å². The molecule has 0 spiro atoms. The van der Waals surface area contributed by atoms with Crippen molar-refractivity contribution in [2.24, 2.45) is 0 Å². The van der Waals surface area contributed by atoms with Crippen LogP contribution in [0.5, 0.6) is 0 Å². The average Bonchev–Trinajstić information content (AvgIpc) is 2.56. The van der Waals surface area contributed by atoms with Crippen molar-refractivity contribution in [3.8, 4) is 0 Å². The number of esters is 1. The first-order chi connectivity index (χ1) is 11.6. The van der Waals surface area contributed by atoms with E-state index < -0.39 is 17.6 Å². The number of benzene rings is 2. The summed E-state index contributed by atoms with van der Waals surface area (Å²) in [5, 5.41) is 3.20. The summed E-state index contributed by atoms with van der Waals surface area (Å²) in [7, 11) is 0. The Morgan fingerprint density at radius 2 is 1.96 bits per heavy atom. The maximum absolute atomic E-state index is 14.0. The van der Waals surface area contributed by atoms with Crippen LogP contribution in [-0.2, 0) is 4.74 Å². The number of hydrogen-bond donors (Lipinski definition) is 1. The number of carbonyl (C=O) groups excluding carboxylic acids is 1. The third-order valence-corrected chi connectivity index (χ3v) is 3.43. The molecule has 0 fully saturated rings. The molecular weight excluding hydrogens is 314 g/mol. The number of halogens is 2. The number of fused-ring (bicyclic) bond motifs is 1. The first-order valence-corrected chi connectivity index (χ1v) is 7.37. The summed E-state index contributed by atoms with van der Waals surface area (Å²) in [6.07, 6.45) is 1.23. The molecule has 4 nitrogen and oxygen atoms in total. The van der Waals surface area contributed by atoms with Crippen molar-refractivity contribution in [3.63, 3.8) is 0 Å². The third kappa shape index (κ3) is 3.03. The average molecular weight is 328 g/mol. The molecule has 122 valence electrons. The van der Waals surface area contributed by atoms with E-state index in [0.717, 1.165) is 12.1 Å². The highest BCUT2D eigenvalue weighted by Gasteiger charge is 2.19. The number of rotatable bonds is 4. The van der Waals surface area contributed by atoms with Gasteiger partial charge in [0.25, 0.3) is 0 Å². The van der Waals surface area contributed by atoms with E-state index in [0.29, 0.717) is 5.69 Å². The molecular formula is C18H14F2N2O2. The monoisotopic (exact) mass is 328 g/mol. The summed E-state index contributed by atoms with van der Waals surface area (Å²) in [4.78, 5) is 16.1. The number of aromatic nitrogens is 1. The summed E-state index contributed by atoms with van der Waals surface area (Å²) in [6, 6.07) is 10.9. The highest BCUT2D eigenvalue weighted by Crippen LogP contribution is 2.31. The minimum absolute atomic E-state index is 0.0251. The molecule has 0 aliphatic heterocycles. The Bertz CT molecular complexity index is 898. The number of ether oxygens (including phenoxy) is 1. The number of anilines is 2. The van der Waals surface area contributed by atoms with Crippen molar-refractivity contribution < 1.29 is 18.3 Å². The normalized spacial score (nSPS) is 10.6. The van der Waals surface area contributed by atoms with Crippen molar-refractivity contribution in [1.29, 1.82) is 0 Å². The maximum Gasteiger partial charge on any atom is 0.341 e. The molecule has 0 aliphatic carbocycles. The standard InChI is InChI=1S/C18H14F2N2O2/c1-2-24-18(23)14-10-21-17-13(8-11(19)9-15(17)20)16(14)22-12-6-4-3-5-7-12/h3-10H,2H2,1H3,(H,21,22). The number of para-hydroxylation sites is 1. The predicted octanol–water partition coefficient (Wildman–Crippen LogP) is 4.43. The van der Waals surface area contributed by atoms with Gasteiger partial charge < -0.3 is 10.1 Å². The fourth-order valence-electron chi connectivity index (χ4n) is 2.39. The SMILES string of the molecule is CCOC(=O)c1cnc2c(F)cc(F)cc2c1Nc1ccccc1. The molecule has 0 unspecified atom stereocenters. The van der Waals surface area contributed by atoms with Gasteiger partial charge in [-0.1, -0.05) is 18.2 Å². The number of pyridine rings is 1. The second kappa shape index (κ2) is 6.62. The third-order valence-electron chi connectivity index (χ3n) is 3.43. The summed E-state index contributed by atoms with van der Waals surface area (Å²) in [6.45, 7) is 1.86. The van der Waals surface area contributed by atoms with E-state index in [-0.39, 0.29) is 28.8 Å². The lowest BCUT2D eigenvalue weighted by molar-refractivity contribution is 0.0527. The minimum Gasteiger partial charge on any atom is -0.462 e. The summed E-state index contributed by atoms with van der Waals surface area (Å²) in [5.74, 6) is -2.16. The molecule has 1 aromatic heterocycles. The van der Waals surface area contributed by atoms with E-state index in [4.69, 9.17) is 4.74 Å². The Morgan fingerprint density at radius 1 is 1.21 bits per heavy atom. The maximum atomic E-state index is 14.0. The lowest BCUT2D eigenvalue weighted by Crippen LogP contribution is -2.09. The van der Waals surface area contributed by atoms with Crippen molar-refractivity contribution in [2.75, 3.05) is 11.9 Å². The molecule has 3 aromatic rings. The van der Waals surface area contributed by atoms with Crippen LogP contribution >= 0.6 is 0 Å². The summed E-state index contributed by atoms with van der Waals surface area (Å²) in [5.41, 5.74) is 1.00. The van der Waals surface area contributed by atoms with Crippen molar-refractivity contribution in [2.45, 2.75) is 6.92 Å². The van der Waals surface area contributed by atoms with Gasteiger partial charge in [-0.3, -0.25) is 4.98 Å². The van der Waals surface area contributed by atoms with Gasteiger partial charge in [0.2, 0.25) is 0 Å². The van der Waals surface area contributed by atoms with Crippen molar-refractivity contribution in [3.05, 3.63) is 65.9 Å². The van der Waals surface area contributed by atoms with E-state index >= 15 is 0 Å². The summed E-state index contributed by atoms with van der Waals surface area (Å²) >= 11 is 0. The molecule has 0 bridgehead atoms. The first-order valence-electron chi connectivity index (χ1n) is 7.37. The van der Waals surface area contributed by atoms with Crippen LogP contribution in [0, 0.1) is 11.6 Å². The van der Waals surface area contributed by atoms with Crippen LogP contribution < -0.4 is 5.32 Å². The number of nitrogens with one attached hydrogen (secondary N) is 1. The van der Waals surface area contributed by atoms with Gasteiger partial charge in [-0.05, 0) is 25.1 Å². The lowest BCUT2D eigenvalue weighted by Gasteiger charge is -2.14. The topological polar surface area (TPSA) is 51.2 Å². The molecule has 0 atom stereocenters. The molecule has 1 heterocycles. The van der Waals surface area contributed by atoms with E-state index in [1.54, 1.807) is 31.2 Å². The van der Waals surface area contributed by atoms with Gasteiger partial charge >= 0.3 is 5.97 Å². The smallest absolute Gasteiger partial charge is 0.341 e. The lowest BCUT2D eigenvalue weighted by atomic mass is 10.1. The molecule has 24 heavy (non-hydrogen) atoms. The Morgan fingerprint density at radius 3 is 2.67 bits per heavy atom. The van der Waals surface area contributed by atoms with Crippen LogP contribution in [0.2, 0.25) is 0 Å². The van der Waals surface area contributed by atoms with Crippen LogP contribution in [0.3, 0.4) is 0 Å². The largest absolute Gasteiger partial charge is 0.462 e. The zero-order valence-electron chi connectivity index (χ0n) is 12.8. The summed E-state index contributed by atoms with van der Waals surface area (Å²) < 4.78 is 32.7. The minimum atomic E-state index is -0.795. The van der Waals surface area contributed by atoms with Gasteiger partial charge in [-0.15, -0.1) is 0 Å². The fraction of sp³-hybridized carbons (Fsp3) is 0.111. The van der Waals surface area contributed by atoms with Crippen LogP contribution in [0.15, 0.2) is 48.7 Å². The first kappa shape index (κ1) is 15.9. The zero-order valence-corrected chi connectivity index (χ0v) is 12.8. The van der Waals surface area contributed by atoms with Gasteiger partial charge in [0.15, 0.2) is 5.82 Å². The van der Waals surface area contributed by atoms with E-state index in [1.807, 2.05) is 6.07 Å². The van der Waals surface area contributed by atoms with Gasteiger partial charge in [-0.2, -0.15) is 0 Å². The van der Waals surface area contributed by atoms with E-state index in [2.05, 4.69) is 10.3 Å². The molecule has 3 rings (SSSR count). The Kier molecular flexibility index (Phi) is 4.37. The molecule has 0 aliphatic rings. The second-order valence-corrected chi connectivity index (χ2v) is 5.04. The highest BCUT2D eigenvalue weighted by molar-refractivity contribution is 6.06. The van der Waals surface area contributed by atoms with Crippen LogP contribution in [0.4, 0.5) is 20.2 Å². The van der Waals surface area contributed by atoms with Crippen LogP contribution in [0.25, 0.3) is 10.9 Å². The molecule has 0 saturated carbocycles. The van der Waals surface area contributed by atoms with Crippen molar-refractivity contribution >= 4 is 28.2 Å². The number of carbonyl (C=O) groups is 1. The van der Waals surface area contributed by atoms with Gasteiger partial charge in [0.05, 0.1) is 12.3 Å². The van der Waals surface area contributed by atoms with E-state index in [9.17, 15) is 13.6 Å². The van der Waals surface area contributed by atoms with E-state index in [1.165, 1.54) is 6.20 Å². The molecule has 2 aromatic carbocycles. The highest BCUT2D eigenvalue weighted by atomic mass is 19.1. The number of hydrogen-bond acceptors (Lipinski definition) is 4. The molecule has 6 heteroatoms. The van der Waals surface area contributed by atoms with Gasteiger partial charge in [0, 0.05) is 23.3 Å². The van der Waals surface area contributed by atoms with Gasteiger partial charge in [0.1, 0.15) is 16.9 Å². The quantitative estimate of drug-likeness (QED) is 0.720. The Labute approximate surface area is 137 Å². The molecule has 0 amide bonds. The Hall–Kier alpha value is -3.02. The fourth-order valence-corrected chi connectivity index (χ4v) is 2.39. The second-order valence-electron chi connectivity index (χ2n) is 5.04. The number of nitrogens with zero attached hydrogens (tertiary/aromatic N) is 1. The van der Waals surface area contributed by atoms with Crippen LogP contribution in [-0.4, -0.2) is 17.6 Å². The molecule has 1 N–H and O–H groups in total. The van der Waals surface area contributed by atoms with Crippen molar-refractivity contribution in [1.82, 2.24) is 4.98 Å². The Balaban J connectivity index is 2.23. The zero-order chi connectivity index (χ0) is 17.1. The molecule has 0 radical (unpaired) electrons. The predicted molar refractivity (Wildman–Crippen MR) is 87.3 cm³/mol. The molecule has 0 saturated heterocycles. The van der Waals surface area contributed by atoms with Gasteiger partial charge in [-0.25, -0.2) is 13.6 Å².